The van der Waals surface area contributed by atoms with Gasteiger partial charge in [-0.2, -0.15) is 14.1 Å². The van der Waals surface area contributed by atoms with Gasteiger partial charge in [-0.3, -0.25) is 4.79 Å². The van der Waals surface area contributed by atoms with E-state index in [1.165, 1.54) is 10.5 Å². The Labute approximate surface area is 224 Å². The van der Waals surface area contributed by atoms with Crippen molar-refractivity contribution in [3.63, 3.8) is 0 Å². The molecule has 0 bridgehead atoms. The highest BCUT2D eigenvalue weighted by Crippen LogP contribution is 2.31. The minimum atomic E-state index is -3.46. The van der Waals surface area contributed by atoms with Crippen molar-refractivity contribution < 1.29 is 26.3 Å². The fourth-order valence-electron chi connectivity index (χ4n) is 5.00. The highest BCUT2D eigenvalue weighted by molar-refractivity contribution is 7.89. The van der Waals surface area contributed by atoms with Crippen molar-refractivity contribution in [1.29, 1.82) is 0 Å². The van der Waals surface area contributed by atoms with Gasteiger partial charge in [-0.25, -0.2) is 21.6 Å². The van der Waals surface area contributed by atoms with Crippen molar-refractivity contribution in [2.75, 3.05) is 31.1 Å². The van der Waals surface area contributed by atoms with E-state index in [0.717, 1.165) is 27.9 Å². The lowest BCUT2D eigenvalue weighted by atomic mass is 9.88. The normalized spacial score (nSPS) is 20.2. The van der Waals surface area contributed by atoms with Crippen LogP contribution in [0.5, 0.6) is 5.75 Å². The monoisotopic (exact) mass is 562 g/mol. The zero-order valence-corrected chi connectivity index (χ0v) is 22.4. The van der Waals surface area contributed by atoms with E-state index in [0.29, 0.717) is 6.07 Å². The van der Waals surface area contributed by atoms with Crippen LogP contribution < -0.4 is 15.2 Å². The molecular weight excluding hydrogens is 533 g/mol. The Morgan fingerprint density at radius 2 is 1.59 bits per heavy atom. The molecule has 1 aromatic heterocycles. The number of nitrogens with zero attached hydrogens (tertiary/aromatic N) is 4. The van der Waals surface area contributed by atoms with Gasteiger partial charge in [0.2, 0.25) is 15.8 Å². The molecule has 0 radical (unpaired) electrons. The predicted octanol–water partition coefficient (Wildman–Crippen LogP) is 3.26. The number of hydrogen-bond donors (Lipinski definition) is 0. The number of sulfonamides is 1. The number of alkyl halides is 1. The van der Waals surface area contributed by atoms with Crippen molar-refractivity contribution >= 4 is 15.7 Å². The molecule has 0 amide bonds. The summed E-state index contributed by atoms with van der Waals surface area (Å²) in [7, 11) is -3.46. The molecule has 2 heterocycles. The molecule has 3 aromatic rings. The van der Waals surface area contributed by atoms with Gasteiger partial charge in [0.15, 0.2) is 0 Å². The first-order valence-corrected chi connectivity index (χ1v) is 14.2. The van der Waals surface area contributed by atoms with Gasteiger partial charge < -0.3 is 9.64 Å². The van der Waals surface area contributed by atoms with E-state index in [4.69, 9.17) is 4.74 Å². The molecular formula is C27H29F3N4O4S. The number of aromatic nitrogens is 2. The SMILES string of the molecule is CC(C)S(=O)(=O)N1CCN(c2cnn(-c3cc(F)cc(F)c3)c(=O)c2OC2Cc3ccccc3CC2F)CC1. The molecule has 2 aliphatic rings. The van der Waals surface area contributed by atoms with Gasteiger partial charge >= 0.3 is 5.56 Å². The Balaban J connectivity index is 1.51. The molecule has 0 saturated carbocycles. The molecule has 0 N–H and O–H groups in total. The first-order chi connectivity index (χ1) is 18.5. The smallest absolute Gasteiger partial charge is 0.316 e. The van der Waals surface area contributed by atoms with E-state index < -0.39 is 44.7 Å². The summed E-state index contributed by atoms with van der Waals surface area (Å²) < 4.78 is 76.7. The van der Waals surface area contributed by atoms with Crippen LogP contribution in [-0.4, -0.2) is 66.2 Å². The molecule has 39 heavy (non-hydrogen) atoms. The average Bonchev–Trinajstić information content (AvgIpc) is 2.89. The van der Waals surface area contributed by atoms with E-state index in [9.17, 15) is 22.0 Å². The van der Waals surface area contributed by atoms with E-state index >= 15 is 4.39 Å². The molecule has 2 aromatic carbocycles. The van der Waals surface area contributed by atoms with Gasteiger partial charge in [0, 0.05) is 45.1 Å². The van der Waals surface area contributed by atoms with Gasteiger partial charge in [-0.05, 0) is 37.1 Å². The van der Waals surface area contributed by atoms with Crippen molar-refractivity contribution in [2.45, 2.75) is 44.2 Å². The van der Waals surface area contributed by atoms with Crippen LogP contribution >= 0.6 is 0 Å². The predicted molar refractivity (Wildman–Crippen MR) is 141 cm³/mol. The van der Waals surface area contributed by atoms with Crippen LogP contribution in [0.25, 0.3) is 5.69 Å². The van der Waals surface area contributed by atoms with Crippen molar-refractivity contribution in [1.82, 2.24) is 14.1 Å². The Kier molecular flexibility index (Phi) is 7.43. The third-order valence-corrected chi connectivity index (χ3v) is 9.44. The maximum atomic E-state index is 15.3. The second kappa shape index (κ2) is 10.6. The third kappa shape index (κ3) is 5.40. The summed E-state index contributed by atoms with van der Waals surface area (Å²) in [6.07, 6.45) is -0.692. The van der Waals surface area contributed by atoms with E-state index in [1.807, 2.05) is 24.3 Å². The average molecular weight is 563 g/mol. The summed E-state index contributed by atoms with van der Waals surface area (Å²) in [5, 5.41) is 3.56. The van der Waals surface area contributed by atoms with E-state index in [1.54, 1.807) is 18.7 Å². The minimum Gasteiger partial charge on any atom is -0.479 e. The number of halogens is 3. The number of fused-ring (bicyclic) bond motifs is 1. The zero-order valence-electron chi connectivity index (χ0n) is 21.6. The first-order valence-electron chi connectivity index (χ1n) is 12.7. The van der Waals surface area contributed by atoms with Crippen LogP contribution in [0.1, 0.15) is 25.0 Å². The number of piperazine rings is 1. The number of benzene rings is 2. The highest BCUT2D eigenvalue weighted by atomic mass is 32.2. The summed E-state index contributed by atoms with van der Waals surface area (Å²) in [6, 6.07) is 10.0. The number of ether oxygens (including phenoxy) is 1. The van der Waals surface area contributed by atoms with Gasteiger partial charge in [0.1, 0.15) is 29.6 Å². The highest BCUT2D eigenvalue weighted by Gasteiger charge is 2.34. The third-order valence-electron chi connectivity index (χ3n) is 7.17. The number of hydrogen-bond acceptors (Lipinski definition) is 6. The summed E-state index contributed by atoms with van der Waals surface area (Å²) >= 11 is 0. The van der Waals surface area contributed by atoms with E-state index in [-0.39, 0.29) is 56.1 Å². The maximum Gasteiger partial charge on any atom is 0.316 e. The molecule has 1 aliphatic heterocycles. The molecule has 208 valence electrons. The second-order valence-electron chi connectivity index (χ2n) is 10.0. The molecule has 1 saturated heterocycles. The first kappa shape index (κ1) is 27.2. The Morgan fingerprint density at radius 3 is 2.21 bits per heavy atom. The lowest BCUT2D eigenvalue weighted by molar-refractivity contribution is 0.0901. The largest absolute Gasteiger partial charge is 0.479 e. The molecule has 8 nitrogen and oxygen atoms in total. The maximum absolute atomic E-state index is 15.3. The standard InChI is InChI=1S/C27H29F3N4O4S/c1-17(2)39(36,37)33-9-7-32(8-10-33)24-16-31-34(22-14-20(28)13-21(29)15-22)27(35)26(24)38-25-12-19-6-4-3-5-18(19)11-23(25)30/h3-6,13-17,23,25H,7-12H2,1-2H3. The van der Waals surface area contributed by atoms with Crippen LogP contribution in [-0.2, 0) is 22.9 Å². The van der Waals surface area contributed by atoms with Crippen LogP contribution in [0.4, 0.5) is 18.9 Å². The van der Waals surface area contributed by atoms with Crippen LogP contribution in [0.15, 0.2) is 53.5 Å². The van der Waals surface area contributed by atoms with E-state index in [2.05, 4.69) is 5.10 Å². The molecule has 2 unspecified atom stereocenters. The quantitative estimate of drug-likeness (QED) is 0.459. The molecule has 1 aliphatic carbocycles. The van der Waals surface area contributed by atoms with Crippen molar-refractivity contribution in [2.24, 2.45) is 0 Å². The summed E-state index contributed by atoms with van der Waals surface area (Å²) in [5.41, 5.74) is 1.09. The second-order valence-corrected chi connectivity index (χ2v) is 12.5. The van der Waals surface area contributed by atoms with Crippen molar-refractivity contribution in [3.8, 4) is 11.4 Å². The lowest BCUT2D eigenvalue weighted by Crippen LogP contribution is -2.51. The van der Waals surface area contributed by atoms with Crippen LogP contribution in [0.2, 0.25) is 0 Å². The summed E-state index contributed by atoms with van der Waals surface area (Å²) in [5.74, 6) is -1.98. The fraction of sp³-hybridized carbons (Fsp3) is 0.407. The molecule has 1 fully saturated rings. The number of anilines is 1. The topological polar surface area (TPSA) is 84.7 Å². The van der Waals surface area contributed by atoms with Crippen LogP contribution in [0, 0.1) is 11.6 Å². The lowest BCUT2D eigenvalue weighted by Gasteiger charge is -2.37. The number of rotatable bonds is 6. The van der Waals surface area contributed by atoms with Gasteiger partial charge in [0.25, 0.3) is 0 Å². The van der Waals surface area contributed by atoms with Crippen molar-refractivity contribution in [3.05, 3.63) is 81.8 Å². The molecule has 0 spiro atoms. The Bertz CT molecular complexity index is 1520. The van der Waals surface area contributed by atoms with Crippen LogP contribution in [0.3, 0.4) is 0 Å². The molecule has 12 heteroatoms. The summed E-state index contributed by atoms with van der Waals surface area (Å²) in [6.45, 7) is 4.08. The van der Waals surface area contributed by atoms with Gasteiger partial charge in [-0.15, -0.1) is 0 Å². The molecule has 2 atom stereocenters. The zero-order chi connectivity index (χ0) is 27.9. The Morgan fingerprint density at radius 1 is 0.974 bits per heavy atom. The fourth-order valence-corrected chi connectivity index (χ4v) is 6.27. The minimum absolute atomic E-state index is 0.121. The summed E-state index contributed by atoms with van der Waals surface area (Å²) in [4.78, 5) is 15.4. The molecule has 5 rings (SSSR count). The Hall–Kier alpha value is -3.38. The van der Waals surface area contributed by atoms with Gasteiger partial charge in [-0.1, -0.05) is 24.3 Å². The van der Waals surface area contributed by atoms with Gasteiger partial charge in [0.05, 0.1) is 17.1 Å².